The second-order valence-electron chi connectivity index (χ2n) is 10.2. The van der Waals surface area contributed by atoms with Crippen LogP contribution in [0.25, 0.3) is 0 Å². The van der Waals surface area contributed by atoms with Crippen LogP contribution in [-0.4, -0.2) is 98.7 Å². The van der Waals surface area contributed by atoms with E-state index >= 15 is 0 Å². The molecule has 11 heteroatoms. The standard InChI is InChI=1S/C23H28O11/c1-20-9-22(29)13-7-23(20,32-18-16(27)15(26)14(25)12(8-24)31-18)21(13,19(33-20)34-22)10-30-17(28)11-5-3-2-4-6-11/h2-6,12-16,18-19,24-27,29H,7-10H2,1H3/t12-,13-,14-,15+,16-,18+,19-,20+,21+,22-,23+/m0/s1. The topological polar surface area (TPSA) is 164 Å². The number of hydrogen-bond donors (Lipinski definition) is 5. The molecule has 1 aromatic carbocycles. The smallest absolute Gasteiger partial charge is 0.338 e. The lowest BCUT2D eigenvalue weighted by Gasteiger charge is -2.67. The molecule has 4 heterocycles. The Labute approximate surface area is 194 Å². The minimum Gasteiger partial charge on any atom is -0.461 e. The van der Waals surface area contributed by atoms with Gasteiger partial charge < -0.3 is 49.2 Å². The predicted octanol–water partition coefficient (Wildman–Crippen LogP) is -1.36. The SMILES string of the molecule is C[C@]12C[C@]3(O)O[C@H](O1)[C@@]1(COC(=O)c4ccccc4)[C@@H]3C[C@]12O[C@H]1O[C@@H](CO)[C@H](O)[C@@H](O)[C@@H]1O. The van der Waals surface area contributed by atoms with Gasteiger partial charge in [-0.05, 0) is 25.5 Å². The van der Waals surface area contributed by atoms with Gasteiger partial charge in [0.1, 0.15) is 42.2 Å². The minimum absolute atomic E-state index is 0.0902. The average molecular weight is 480 g/mol. The van der Waals surface area contributed by atoms with E-state index in [0.717, 1.165) is 0 Å². The Morgan fingerprint density at radius 1 is 1.12 bits per heavy atom. The van der Waals surface area contributed by atoms with Gasteiger partial charge in [0.05, 0.1) is 17.6 Å². The first kappa shape index (κ1) is 22.8. The Morgan fingerprint density at radius 3 is 2.56 bits per heavy atom. The number of esters is 1. The molecule has 3 saturated carbocycles. The molecule has 11 atom stereocenters. The summed E-state index contributed by atoms with van der Waals surface area (Å²) < 4.78 is 29.7. The third kappa shape index (κ3) is 2.59. The molecule has 5 N–H and O–H groups in total. The van der Waals surface area contributed by atoms with E-state index in [2.05, 4.69) is 0 Å². The third-order valence-corrected chi connectivity index (χ3v) is 8.57. The summed E-state index contributed by atoms with van der Waals surface area (Å²) in [7, 11) is 0. The molecule has 34 heavy (non-hydrogen) atoms. The Kier molecular flexibility index (Phi) is 4.81. The quantitative estimate of drug-likeness (QED) is 0.306. The molecule has 6 bridgehead atoms. The van der Waals surface area contributed by atoms with Gasteiger partial charge in [0.15, 0.2) is 18.4 Å². The number of benzene rings is 1. The fourth-order valence-corrected chi connectivity index (χ4v) is 6.87. The van der Waals surface area contributed by atoms with Crippen molar-refractivity contribution in [3.05, 3.63) is 35.9 Å². The zero-order chi connectivity index (χ0) is 24.1. The van der Waals surface area contributed by atoms with Crippen molar-refractivity contribution in [2.45, 2.75) is 73.8 Å². The van der Waals surface area contributed by atoms with E-state index in [1.165, 1.54) is 0 Å². The first-order valence-corrected chi connectivity index (χ1v) is 11.4. The van der Waals surface area contributed by atoms with Crippen LogP contribution >= 0.6 is 0 Å². The Hall–Kier alpha value is -1.67. The van der Waals surface area contributed by atoms with E-state index in [9.17, 15) is 30.3 Å². The van der Waals surface area contributed by atoms with Crippen LogP contribution in [0, 0.1) is 11.3 Å². The lowest BCUT2D eigenvalue weighted by molar-refractivity contribution is -0.424. The number of carbonyl (C=O) groups is 1. The molecule has 0 radical (unpaired) electrons. The van der Waals surface area contributed by atoms with Crippen LogP contribution in [0.4, 0.5) is 0 Å². The van der Waals surface area contributed by atoms with Crippen LogP contribution in [0.5, 0.6) is 0 Å². The maximum Gasteiger partial charge on any atom is 0.338 e. The predicted molar refractivity (Wildman–Crippen MR) is 109 cm³/mol. The van der Waals surface area contributed by atoms with Gasteiger partial charge in [-0.2, -0.15) is 0 Å². The average Bonchev–Trinajstić information content (AvgIpc) is 3.00. The molecule has 4 saturated heterocycles. The lowest BCUT2D eigenvalue weighted by atomic mass is 9.41. The fraction of sp³-hybridized carbons (Fsp3) is 0.696. The summed E-state index contributed by atoms with van der Waals surface area (Å²) in [5, 5.41) is 51.7. The third-order valence-electron chi connectivity index (χ3n) is 8.57. The molecular formula is C23H28O11. The van der Waals surface area contributed by atoms with Crippen molar-refractivity contribution in [2.24, 2.45) is 11.3 Å². The van der Waals surface area contributed by atoms with Gasteiger partial charge in [-0.25, -0.2) is 4.79 Å². The van der Waals surface area contributed by atoms with Crippen molar-refractivity contribution in [3.8, 4) is 0 Å². The number of aliphatic hydroxyl groups is 5. The van der Waals surface area contributed by atoms with Crippen molar-refractivity contribution >= 4 is 5.97 Å². The van der Waals surface area contributed by atoms with Crippen LogP contribution in [-0.2, 0) is 23.7 Å². The number of ether oxygens (including phenoxy) is 5. The summed E-state index contributed by atoms with van der Waals surface area (Å²) in [5.41, 5.74) is -2.99. The van der Waals surface area contributed by atoms with E-state index in [-0.39, 0.29) is 19.4 Å². The van der Waals surface area contributed by atoms with Crippen LogP contribution < -0.4 is 0 Å². The molecule has 8 rings (SSSR count). The normalized spacial score (nSPS) is 52.5. The molecule has 0 aromatic heterocycles. The van der Waals surface area contributed by atoms with Crippen molar-refractivity contribution in [3.63, 3.8) is 0 Å². The van der Waals surface area contributed by atoms with Gasteiger partial charge >= 0.3 is 5.97 Å². The van der Waals surface area contributed by atoms with Gasteiger partial charge in [-0.1, -0.05) is 18.2 Å². The van der Waals surface area contributed by atoms with Crippen LogP contribution in [0.3, 0.4) is 0 Å². The van der Waals surface area contributed by atoms with Crippen molar-refractivity contribution in [1.82, 2.24) is 0 Å². The summed E-state index contributed by atoms with van der Waals surface area (Å²) in [6.07, 6.45) is -7.87. The monoisotopic (exact) mass is 480 g/mol. The molecular weight excluding hydrogens is 452 g/mol. The number of hydrogen-bond acceptors (Lipinski definition) is 11. The Morgan fingerprint density at radius 2 is 1.85 bits per heavy atom. The molecule has 7 aliphatic rings. The van der Waals surface area contributed by atoms with Gasteiger partial charge in [0.25, 0.3) is 0 Å². The molecule has 0 amide bonds. The maximum absolute atomic E-state index is 12.7. The van der Waals surface area contributed by atoms with Crippen LogP contribution in [0.15, 0.2) is 30.3 Å². The van der Waals surface area contributed by atoms with Gasteiger partial charge in [-0.3, -0.25) is 0 Å². The first-order chi connectivity index (χ1) is 16.1. The molecule has 7 fully saturated rings. The highest BCUT2D eigenvalue weighted by atomic mass is 16.8. The minimum atomic E-state index is -1.61. The highest BCUT2D eigenvalue weighted by Gasteiger charge is 2.94. The van der Waals surface area contributed by atoms with Gasteiger partial charge in [-0.15, -0.1) is 0 Å². The molecule has 4 aliphatic heterocycles. The Bertz CT molecular complexity index is 988. The van der Waals surface area contributed by atoms with E-state index in [1.807, 2.05) is 0 Å². The molecule has 0 unspecified atom stereocenters. The second-order valence-corrected chi connectivity index (χ2v) is 10.2. The van der Waals surface area contributed by atoms with E-state index in [4.69, 9.17) is 23.7 Å². The molecule has 1 aromatic rings. The van der Waals surface area contributed by atoms with Crippen LogP contribution in [0.2, 0.25) is 0 Å². The zero-order valence-corrected chi connectivity index (χ0v) is 18.4. The first-order valence-electron chi connectivity index (χ1n) is 11.4. The summed E-state index contributed by atoms with van der Waals surface area (Å²) in [6, 6.07) is 8.47. The van der Waals surface area contributed by atoms with Gasteiger partial charge in [0, 0.05) is 12.3 Å². The van der Waals surface area contributed by atoms with Crippen molar-refractivity contribution < 1.29 is 54.0 Å². The molecule has 3 aliphatic carbocycles. The number of rotatable bonds is 6. The van der Waals surface area contributed by atoms with Gasteiger partial charge in [0.2, 0.25) is 0 Å². The molecule has 186 valence electrons. The Balaban J connectivity index is 1.32. The highest BCUT2D eigenvalue weighted by Crippen LogP contribution is 2.81. The van der Waals surface area contributed by atoms with Crippen molar-refractivity contribution in [2.75, 3.05) is 13.2 Å². The largest absolute Gasteiger partial charge is 0.461 e. The second kappa shape index (κ2) is 7.19. The molecule has 11 nitrogen and oxygen atoms in total. The fourth-order valence-electron chi connectivity index (χ4n) is 6.87. The van der Waals surface area contributed by atoms with Crippen LogP contribution in [0.1, 0.15) is 30.1 Å². The summed E-state index contributed by atoms with van der Waals surface area (Å²) in [6.45, 7) is 0.985. The lowest BCUT2D eigenvalue weighted by Crippen LogP contribution is -2.80. The summed E-state index contributed by atoms with van der Waals surface area (Å²) in [4.78, 5) is 12.7. The van der Waals surface area contributed by atoms with E-state index in [0.29, 0.717) is 5.56 Å². The van der Waals surface area contributed by atoms with E-state index < -0.39 is 77.9 Å². The maximum atomic E-state index is 12.7. The van der Waals surface area contributed by atoms with Crippen molar-refractivity contribution in [1.29, 1.82) is 0 Å². The highest BCUT2D eigenvalue weighted by molar-refractivity contribution is 5.89. The summed E-state index contributed by atoms with van der Waals surface area (Å²) >= 11 is 0. The van der Waals surface area contributed by atoms with E-state index in [1.54, 1.807) is 37.3 Å². The zero-order valence-electron chi connectivity index (χ0n) is 18.4. The summed E-state index contributed by atoms with van der Waals surface area (Å²) in [5.74, 6) is -2.49. The number of carbonyl (C=O) groups excluding carboxylic acids is 1. The number of aliphatic hydroxyl groups excluding tert-OH is 4. The molecule has 0 spiro atoms.